The van der Waals surface area contributed by atoms with Crippen LogP contribution in [-0.4, -0.2) is 18.6 Å². The maximum Gasteiger partial charge on any atom is 0.224 e. The third-order valence-electron chi connectivity index (χ3n) is 3.35. The van der Waals surface area contributed by atoms with Gasteiger partial charge in [0.05, 0.1) is 16.8 Å². The predicted octanol–water partition coefficient (Wildman–Crippen LogP) is 3.07. The predicted molar refractivity (Wildman–Crippen MR) is 77.2 cm³/mol. The number of amides is 1. The van der Waals surface area contributed by atoms with Crippen LogP contribution in [0.15, 0.2) is 18.2 Å². The second-order valence-corrected chi connectivity index (χ2v) is 5.31. The molecule has 1 aliphatic rings. The largest absolute Gasteiger partial charge is 0.397 e. The van der Waals surface area contributed by atoms with E-state index in [1.807, 2.05) is 6.92 Å². The van der Waals surface area contributed by atoms with Crippen molar-refractivity contribution in [3.63, 3.8) is 0 Å². The highest BCUT2D eigenvalue weighted by atomic mass is 35.5. The molecule has 0 bridgehead atoms. The minimum Gasteiger partial charge on any atom is -0.397 e. The van der Waals surface area contributed by atoms with Gasteiger partial charge in [-0.05, 0) is 43.9 Å². The molecule has 1 aromatic rings. The highest BCUT2D eigenvalue weighted by molar-refractivity contribution is 6.33. The number of carbonyl (C=O) groups is 1. The minimum atomic E-state index is 0.0154. The van der Waals surface area contributed by atoms with E-state index >= 15 is 0 Å². The molecular formula is C14H19ClN2O2. The van der Waals surface area contributed by atoms with E-state index in [2.05, 4.69) is 5.32 Å². The molecule has 0 saturated heterocycles. The Bertz CT molecular complexity index is 459. The lowest BCUT2D eigenvalue weighted by Gasteiger charge is -2.34. The summed E-state index contributed by atoms with van der Waals surface area (Å²) in [6, 6.07) is 5.10. The quantitative estimate of drug-likeness (QED) is 0.816. The number of rotatable bonds is 5. The molecule has 4 nitrogen and oxygen atoms in total. The van der Waals surface area contributed by atoms with E-state index in [-0.39, 0.29) is 5.91 Å². The van der Waals surface area contributed by atoms with Crippen LogP contribution in [0.25, 0.3) is 0 Å². The zero-order chi connectivity index (χ0) is 13.8. The Morgan fingerprint density at radius 2 is 2.26 bits per heavy atom. The van der Waals surface area contributed by atoms with Crippen molar-refractivity contribution in [2.24, 2.45) is 5.92 Å². The van der Waals surface area contributed by atoms with Crippen molar-refractivity contribution in [3.05, 3.63) is 23.2 Å². The molecule has 19 heavy (non-hydrogen) atoms. The number of nitrogen functional groups attached to an aromatic ring is 1. The summed E-state index contributed by atoms with van der Waals surface area (Å²) in [7, 11) is 0. The van der Waals surface area contributed by atoms with Crippen LogP contribution in [0, 0.1) is 5.92 Å². The molecule has 104 valence electrons. The van der Waals surface area contributed by atoms with Crippen molar-refractivity contribution >= 4 is 28.9 Å². The van der Waals surface area contributed by atoms with Gasteiger partial charge in [0.2, 0.25) is 5.91 Å². The normalized spacial score (nSPS) is 21.8. The average Bonchev–Trinajstić information content (AvgIpc) is 2.31. The smallest absolute Gasteiger partial charge is 0.224 e. The molecule has 0 unspecified atom stereocenters. The summed E-state index contributed by atoms with van der Waals surface area (Å²) in [4.78, 5) is 11.9. The van der Waals surface area contributed by atoms with E-state index in [9.17, 15) is 4.79 Å². The van der Waals surface area contributed by atoms with E-state index < -0.39 is 0 Å². The Balaban J connectivity index is 1.77. The summed E-state index contributed by atoms with van der Waals surface area (Å²) in [5, 5.41) is 3.33. The molecule has 2 rings (SSSR count). The molecule has 0 aliphatic heterocycles. The summed E-state index contributed by atoms with van der Waals surface area (Å²) in [6.07, 6.45) is 2.83. The van der Waals surface area contributed by atoms with Crippen molar-refractivity contribution in [1.82, 2.24) is 0 Å². The van der Waals surface area contributed by atoms with Crippen molar-refractivity contribution in [3.8, 4) is 0 Å². The van der Waals surface area contributed by atoms with Gasteiger partial charge >= 0.3 is 0 Å². The van der Waals surface area contributed by atoms with Crippen LogP contribution in [0.2, 0.25) is 5.02 Å². The van der Waals surface area contributed by atoms with Gasteiger partial charge < -0.3 is 15.8 Å². The highest BCUT2D eigenvalue weighted by Crippen LogP contribution is 2.33. The second kappa shape index (κ2) is 6.26. The Morgan fingerprint density at radius 1 is 1.53 bits per heavy atom. The lowest BCUT2D eigenvalue weighted by molar-refractivity contribution is -0.119. The van der Waals surface area contributed by atoms with Gasteiger partial charge in [-0.25, -0.2) is 0 Å². The molecule has 0 aromatic heterocycles. The van der Waals surface area contributed by atoms with Gasteiger partial charge in [0.1, 0.15) is 0 Å². The lowest BCUT2D eigenvalue weighted by Crippen LogP contribution is -2.33. The molecule has 0 spiro atoms. The fourth-order valence-corrected chi connectivity index (χ4v) is 2.43. The molecule has 0 heterocycles. The monoisotopic (exact) mass is 282 g/mol. The summed E-state index contributed by atoms with van der Waals surface area (Å²) in [6.45, 7) is 2.73. The first-order valence-corrected chi connectivity index (χ1v) is 6.92. The topological polar surface area (TPSA) is 64.3 Å². The van der Waals surface area contributed by atoms with Gasteiger partial charge in [0.25, 0.3) is 0 Å². The zero-order valence-electron chi connectivity index (χ0n) is 11.0. The molecule has 0 radical (unpaired) electrons. The number of anilines is 2. The van der Waals surface area contributed by atoms with Crippen LogP contribution in [0.4, 0.5) is 11.4 Å². The lowest BCUT2D eigenvalue weighted by atomic mass is 9.80. The number of hydrogen-bond acceptors (Lipinski definition) is 3. The molecule has 3 N–H and O–H groups in total. The van der Waals surface area contributed by atoms with E-state index in [1.165, 1.54) is 0 Å². The summed E-state index contributed by atoms with van der Waals surface area (Å²) in [5.74, 6) is 0.447. The van der Waals surface area contributed by atoms with E-state index in [0.29, 0.717) is 34.8 Å². The third kappa shape index (κ3) is 3.85. The summed E-state index contributed by atoms with van der Waals surface area (Å²) < 4.78 is 5.47. The molecule has 1 amide bonds. The first-order chi connectivity index (χ1) is 9.08. The van der Waals surface area contributed by atoms with E-state index in [4.69, 9.17) is 22.1 Å². The van der Waals surface area contributed by atoms with E-state index in [1.54, 1.807) is 18.2 Å². The average molecular weight is 283 g/mol. The first kappa shape index (κ1) is 14.2. The zero-order valence-corrected chi connectivity index (χ0v) is 11.7. The van der Waals surface area contributed by atoms with Crippen molar-refractivity contribution in [1.29, 1.82) is 0 Å². The molecule has 0 atom stereocenters. The fraction of sp³-hybridized carbons (Fsp3) is 0.500. The fourth-order valence-electron chi connectivity index (χ4n) is 2.31. The standard InChI is InChI=1S/C14H19ClN2O2/c1-2-19-11-5-9(6-11)7-14(18)17-10-3-4-12(15)13(16)8-10/h3-4,8-9,11H,2,5-7,16H2,1H3,(H,17,18). The van der Waals surface area contributed by atoms with Crippen LogP contribution >= 0.6 is 11.6 Å². The van der Waals surface area contributed by atoms with Crippen LogP contribution in [0.1, 0.15) is 26.2 Å². The van der Waals surface area contributed by atoms with Gasteiger partial charge in [-0.15, -0.1) is 0 Å². The maximum absolute atomic E-state index is 11.9. The molecule has 1 aromatic carbocycles. The second-order valence-electron chi connectivity index (χ2n) is 4.90. The number of nitrogens with two attached hydrogens (primary N) is 1. The summed E-state index contributed by atoms with van der Waals surface area (Å²) >= 11 is 5.83. The number of benzene rings is 1. The molecule has 1 fully saturated rings. The van der Waals surface area contributed by atoms with Gasteiger partial charge in [-0.3, -0.25) is 4.79 Å². The van der Waals surface area contributed by atoms with Gasteiger partial charge in [-0.2, -0.15) is 0 Å². The SMILES string of the molecule is CCOC1CC(CC(=O)Nc2ccc(Cl)c(N)c2)C1. The van der Waals surface area contributed by atoms with Crippen LogP contribution < -0.4 is 11.1 Å². The molecular weight excluding hydrogens is 264 g/mol. The van der Waals surface area contributed by atoms with E-state index in [0.717, 1.165) is 19.4 Å². The van der Waals surface area contributed by atoms with Gasteiger partial charge in [0.15, 0.2) is 0 Å². The van der Waals surface area contributed by atoms with Gasteiger partial charge in [-0.1, -0.05) is 11.6 Å². The Hall–Kier alpha value is -1.26. The molecule has 1 saturated carbocycles. The Kier molecular flexibility index (Phi) is 4.66. The van der Waals surface area contributed by atoms with Gasteiger partial charge in [0, 0.05) is 18.7 Å². The number of halogens is 1. The van der Waals surface area contributed by atoms with Crippen molar-refractivity contribution < 1.29 is 9.53 Å². The summed E-state index contributed by atoms with van der Waals surface area (Å²) in [5.41, 5.74) is 6.85. The highest BCUT2D eigenvalue weighted by Gasteiger charge is 2.30. The molecule has 1 aliphatic carbocycles. The number of ether oxygens (including phenoxy) is 1. The first-order valence-electron chi connectivity index (χ1n) is 6.55. The van der Waals surface area contributed by atoms with Crippen molar-refractivity contribution in [2.45, 2.75) is 32.3 Å². The van der Waals surface area contributed by atoms with Crippen LogP contribution in [0.3, 0.4) is 0 Å². The third-order valence-corrected chi connectivity index (χ3v) is 3.69. The van der Waals surface area contributed by atoms with Crippen LogP contribution in [-0.2, 0) is 9.53 Å². The maximum atomic E-state index is 11.9. The molecule has 5 heteroatoms. The number of nitrogens with one attached hydrogen (secondary N) is 1. The Labute approximate surface area is 118 Å². The van der Waals surface area contributed by atoms with Crippen molar-refractivity contribution in [2.75, 3.05) is 17.7 Å². The Morgan fingerprint density at radius 3 is 2.89 bits per heavy atom. The number of carbonyl (C=O) groups excluding carboxylic acids is 1. The van der Waals surface area contributed by atoms with Crippen LogP contribution in [0.5, 0.6) is 0 Å². The minimum absolute atomic E-state index is 0.0154. The number of hydrogen-bond donors (Lipinski definition) is 2.